The third-order valence-corrected chi connectivity index (χ3v) is 1.55. The van der Waals surface area contributed by atoms with Gasteiger partial charge in [0.1, 0.15) is 5.76 Å². The first-order chi connectivity index (χ1) is 5.29. The molecule has 0 aliphatic heterocycles. The molecule has 0 saturated carbocycles. The summed E-state index contributed by atoms with van der Waals surface area (Å²) in [6.07, 6.45) is 3.07. The Balaban J connectivity index is 3.21. The minimum atomic E-state index is 0.820. The molecule has 1 aromatic rings. The normalized spacial score (nSPS) is 8.91. The fraction of sp³-hybridized carbons (Fsp3) is 0.125. The molecule has 0 atom stereocenters. The van der Waals surface area contributed by atoms with Crippen molar-refractivity contribution < 1.29 is 4.42 Å². The zero-order chi connectivity index (χ0) is 8.10. The van der Waals surface area contributed by atoms with E-state index in [4.69, 9.17) is 4.42 Å². The van der Waals surface area contributed by atoms with Crippen LogP contribution in [0.4, 0.5) is 0 Å². The van der Waals surface area contributed by atoms with E-state index in [1.165, 1.54) is 6.39 Å². The lowest BCUT2D eigenvalue weighted by atomic mass is 10.4. The third kappa shape index (κ3) is 3.18. The van der Waals surface area contributed by atoms with Gasteiger partial charge in [0.2, 0.25) is 0 Å². The van der Waals surface area contributed by atoms with Gasteiger partial charge in [-0.3, -0.25) is 0 Å². The highest BCUT2D eigenvalue weighted by atomic mass is 79.9. The second kappa shape index (κ2) is 4.13. The van der Waals surface area contributed by atoms with E-state index in [0.717, 1.165) is 10.2 Å². The number of aromatic nitrogens is 1. The van der Waals surface area contributed by atoms with Gasteiger partial charge in [0, 0.05) is 10.7 Å². The Hall–Kier alpha value is -0.830. The highest BCUT2D eigenvalue weighted by molar-refractivity contribution is 9.10. The molecule has 0 aliphatic carbocycles. The maximum absolute atomic E-state index is 5.06. The number of hydrogen-bond acceptors (Lipinski definition) is 2. The van der Waals surface area contributed by atoms with E-state index in [1.54, 1.807) is 6.20 Å². The molecule has 0 aromatic carbocycles. The van der Waals surface area contributed by atoms with Crippen LogP contribution in [0.25, 0.3) is 0 Å². The van der Waals surface area contributed by atoms with Crippen LogP contribution in [0, 0.1) is 6.92 Å². The van der Waals surface area contributed by atoms with Crippen molar-refractivity contribution >= 4 is 15.9 Å². The summed E-state index contributed by atoms with van der Waals surface area (Å²) in [5.74, 6) is 0.820. The number of nitrogens with zero attached hydrogens (tertiary/aromatic N) is 1. The molecule has 0 spiro atoms. The molecule has 1 rings (SSSR count). The van der Waals surface area contributed by atoms with Crippen molar-refractivity contribution in [1.82, 2.24) is 4.98 Å². The molecule has 0 unspecified atom stereocenters. The van der Waals surface area contributed by atoms with Crippen LogP contribution in [0.2, 0.25) is 0 Å². The highest BCUT2D eigenvalue weighted by Gasteiger charge is 1.78. The minimum absolute atomic E-state index is 0.820. The molecular formula is C8H8BrNO. The molecule has 58 valence electrons. The Bertz CT molecular complexity index is 254. The average molecular weight is 214 g/mol. The molecule has 3 heteroatoms. The fourth-order valence-corrected chi connectivity index (χ4v) is 0.844. The van der Waals surface area contributed by atoms with E-state index in [1.807, 2.05) is 25.1 Å². The Morgan fingerprint density at radius 2 is 2.27 bits per heavy atom. The zero-order valence-electron chi connectivity index (χ0n) is 6.12. The van der Waals surface area contributed by atoms with Gasteiger partial charge in [-0.05, 0) is 35.0 Å². The summed E-state index contributed by atoms with van der Waals surface area (Å²) in [4.78, 5) is 3.87. The lowest BCUT2D eigenvalue weighted by Crippen LogP contribution is -1.60. The van der Waals surface area contributed by atoms with Gasteiger partial charge in [0.25, 0.3) is 0 Å². The summed E-state index contributed by atoms with van der Waals surface area (Å²) >= 11 is 3.30. The maximum Gasteiger partial charge on any atom is 0.180 e. The Kier molecular flexibility index (Phi) is 3.11. The van der Waals surface area contributed by atoms with E-state index < -0.39 is 0 Å². The van der Waals surface area contributed by atoms with E-state index in [9.17, 15) is 0 Å². The van der Waals surface area contributed by atoms with Crippen molar-refractivity contribution in [1.29, 1.82) is 0 Å². The van der Waals surface area contributed by atoms with Crippen LogP contribution in [-0.2, 0) is 0 Å². The fourth-order valence-electron chi connectivity index (χ4n) is 0.573. The summed E-state index contributed by atoms with van der Waals surface area (Å²) < 4.78 is 5.98. The Morgan fingerprint density at radius 1 is 1.45 bits per heavy atom. The molecule has 0 bridgehead atoms. The summed E-state index contributed by atoms with van der Waals surface area (Å²) in [5, 5.41) is 0. The number of hydrogen-bond donors (Lipinski definition) is 0. The minimum Gasteiger partial charge on any atom is -0.450 e. The highest BCUT2D eigenvalue weighted by Crippen LogP contribution is 2.02. The molecule has 1 heterocycles. The molecule has 2 nitrogen and oxygen atoms in total. The smallest absolute Gasteiger partial charge is 0.180 e. The van der Waals surface area contributed by atoms with Crippen LogP contribution in [0.3, 0.4) is 0 Å². The van der Waals surface area contributed by atoms with E-state index in [2.05, 4.69) is 20.9 Å². The number of halogens is 1. The average Bonchev–Trinajstić information content (AvgIpc) is 2.04. The second-order valence-electron chi connectivity index (χ2n) is 2.02. The molecule has 0 saturated heterocycles. The van der Waals surface area contributed by atoms with Crippen molar-refractivity contribution in [3.63, 3.8) is 0 Å². The van der Waals surface area contributed by atoms with Crippen LogP contribution in [0.5, 0.6) is 0 Å². The van der Waals surface area contributed by atoms with Gasteiger partial charge in [-0.25, -0.2) is 4.98 Å². The topological polar surface area (TPSA) is 26.0 Å². The van der Waals surface area contributed by atoms with Crippen molar-refractivity contribution in [2.45, 2.75) is 6.92 Å². The van der Waals surface area contributed by atoms with E-state index >= 15 is 0 Å². The summed E-state index contributed by atoms with van der Waals surface area (Å²) in [6.45, 7) is 1.87. The predicted octanol–water partition coefficient (Wildman–Crippen LogP) is 2.87. The lowest BCUT2D eigenvalue weighted by Gasteiger charge is -1.78. The van der Waals surface area contributed by atoms with Crippen molar-refractivity contribution in [2.24, 2.45) is 0 Å². The standard InChI is InChI=1S/C8H8BrNO/c1-7-3-2-4-8(9)5-10-6-11-7/h2-6H,1H3. The lowest BCUT2D eigenvalue weighted by molar-refractivity contribution is 0.504. The van der Waals surface area contributed by atoms with Crippen LogP contribution in [0.15, 0.2) is 39.7 Å². The van der Waals surface area contributed by atoms with E-state index in [0.29, 0.717) is 0 Å². The van der Waals surface area contributed by atoms with Gasteiger partial charge >= 0.3 is 0 Å². The SMILES string of the molecule is Cc1cccc(Br)cnco1. The first-order valence-corrected chi connectivity index (χ1v) is 3.97. The van der Waals surface area contributed by atoms with Gasteiger partial charge in [-0.15, -0.1) is 0 Å². The number of rotatable bonds is 0. The predicted molar refractivity (Wildman–Crippen MR) is 46.6 cm³/mol. The summed E-state index contributed by atoms with van der Waals surface area (Å²) in [7, 11) is 0. The van der Waals surface area contributed by atoms with E-state index in [-0.39, 0.29) is 0 Å². The first kappa shape index (κ1) is 8.27. The van der Waals surface area contributed by atoms with Crippen LogP contribution in [-0.4, -0.2) is 4.98 Å². The van der Waals surface area contributed by atoms with Crippen LogP contribution in [0.1, 0.15) is 5.76 Å². The second-order valence-corrected chi connectivity index (χ2v) is 2.94. The number of aryl methyl sites for hydroxylation is 1. The third-order valence-electron chi connectivity index (χ3n) is 1.08. The molecule has 0 fully saturated rings. The molecule has 0 aliphatic rings. The Morgan fingerprint density at radius 3 is 3.09 bits per heavy atom. The summed E-state index contributed by atoms with van der Waals surface area (Å²) in [6, 6.07) is 5.66. The van der Waals surface area contributed by atoms with Gasteiger partial charge in [-0.2, -0.15) is 0 Å². The zero-order valence-corrected chi connectivity index (χ0v) is 7.71. The molecule has 0 radical (unpaired) electrons. The first-order valence-electron chi connectivity index (χ1n) is 3.18. The molecule has 11 heavy (non-hydrogen) atoms. The largest absolute Gasteiger partial charge is 0.450 e. The van der Waals surface area contributed by atoms with Crippen LogP contribution < -0.4 is 0 Å². The maximum atomic E-state index is 5.06. The quantitative estimate of drug-likeness (QED) is 0.663. The van der Waals surface area contributed by atoms with Crippen molar-refractivity contribution in [2.75, 3.05) is 0 Å². The molecule has 1 aromatic heterocycles. The molecule has 0 amide bonds. The van der Waals surface area contributed by atoms with Gasteiger partial charge in [0.05, 0.1) is 0 Å². The molecular weight excluding hydrogens is 206 g/mol. The monoisotopic (exact) mass is 213 g/mol. The molecule has 0 N–H and O–H groups in total. The van der Waals surface area contributed by atoms with Gasteiger partial charge in [-0.1, -0.05) is 6.07 Å². The summed E-state index contributed by atoms with van der Waals surface area (Å²) in [5.41, 5.74) is 0. The van der Waals surface area contributed by atoms with Crippen molar-refractivity contribution in [3.8, 4) is 0 Å². The van der Waals surface area contributed by atoms with Crippen molar-refractivity contribution in [3.05, 3.63) is 41.0 Å². The Labute approximate surface area is 73.7 Å². The van der Waals surface area contributed by atoms with Crippen LogP contribution >= 0.6 is 15.9 Å². The van der Waals surface area contributed by atoms with Gasteiger partial charge < -0.3 is 4.42 Å². The van der Waals surface area contributed by atoms with Gasteiger partial charge in [0.15, 0.2) is 6.39 Å².